The number of hydrogen-bond donors (Lipinski definition) is 0. The van der Waals surface area contributed by atoms with E-state index in [4.69, 9.17) is 19.4 Å². The van der Waals surface area contributed by atoms with Crippen molar-refractivity contribution < 1.29 is 4.42 Å². The molecule has 0 atom stereocenters. The minimum absolute atomic E-state index is 0.602. The Morgan fingerprint density at radius 2 is 0.939 bits per heavy atom. The van der Waals surface area contributed by atoms with E-state index in [2.05, 4.69) is 121 Å². The number of fused-ring (bicyclic) bond motifs is 7. The van der Waals surface area contributed by atoms with Crippen molar-refractivity contribution in [1.82, 2.24) is 15.0 Å². The van der Waals surface area contributed by atoms with Gasteiger partial charge in [-0.25, -0.2) is 15.0 Å². The van der Waals surface area contributed by atoms with Gasteiger partial charge < -0.3 is 4.42 Å². The number of nitrogens with zero attached hydrogens (tertiary/aromatic N) is 3. The van der Waals surface area contributed by atoms with E-state index in [1.54, 1.807) is 0 Å². The van der Waals surface area contributed by atoms with Crippen LogP contribution in [0.1, 0.15) is 0 Å². The smallest absolute Gasteiger partial charge is 0.164 e. The molecule has 4 nitrogen and oxygen atoms in total. The van der Waals surface area contributed by atoms with Crippen molar-refractivity contribution in [3.05, 3.63) is 164 Å². The van der Waals surface area contributed by atoms with Crippen molar-refractivity contribution in [2.75, 3.05) is 0 Å². The molecule has 0 saturated carbocycles. The first-order valence-corrected chi connectivity index (χ1v) is 16.4. The van der Waals surface area contributed by atoms with Crippen LogP contribution >= 0.6 is 0 Å². The van der Waals surface area contributed by atoms with Gasteiger partial charge in [0, 0.05) is 33.0 Å². The highest BCUT2D eigenvalue weighted by Gasteiger charge is 2.21. The zero-order chi connectivity index (χ0) is 32.3. The molecule has 8 aromatic carbocycles. The van der Waals surface area contributed by atoms with Gasteiger partial charge in [-0.15, -0.1) is 0 Å². The van der Waals surface area contributed by atoms with E-state index in [0.29, 0.717) is 17.5 Å². The Kier molecular flexibility index (Phi) is 6.15. The lowest BCUT2D eigenvalue weighted by Crippen LogP contribution is -2.00. The highest BCUT2D eigenvalue weighted by atomic mass is 16.3. The molecule has 0 spiro atoms. The Morgan fingerprint density at radius 1 is 0.347 bits per heavy atom. The summed E-state index contributed by atoms with van der Waals surface area (Å²) in [6.07, 6.45) is 0. The fraction of sp³-hybridized carbons (Fsp3) is 0. The third-order valence-corrected chi connectivity index (χ3v) is 9.50. The Morgan fingerprint density at radius 3 is 1.80 bits per heavy atom. The van der Waals surface area contributed by atoms with Crippen molar-refractivity contribution in [1.29, 1.82) is 0 Å². The van der Waals surface area contributed by atoms with Crippen molar-refractivity contribution in [3.8, 4) is 45.3 Å². The van der Waals surface area contributed by atoms with Crippen LogP contribution in [0.3, 0.4) is 0 Å². The summed E-state index contributed by atoms with van der Waals surface area (Å²) in [6, 6.07) is 56.9. The van der Waals surface area contributed by atoms with Crippen LogP contribution < -0.4 is 0 Å². The third kappa shape index (κ3) is 4.57. The summed E-state index contributed by atoms with van der Waals surface area (Å²) in [4.78, 5) is 15.3. The van der Waals surface area contributed by atoms with Gasteiger partial charge in [-0.3, -0.25) is 0 Å². The molecule has 0 aliphatic rings. The summed E-state index contributed by atoms with van der Waals surface area (Å²) >= 11 is 0. The lowest BCUT2D eigenvalue weighted by molar-refractivity contribution is 0.670. The molecule has 0 saturated heterocycles. The van der Waals surface area contributed by atoms with E-state index < -0.39 is 0 Å². The molecule has 2 heterocycles. The molecule has 0 bridgehead atoms. The SMILES string of the molecule is c1ccc(-c2nc(-c3ccc4ccccc4c3)nc(-c3ccc(-c4ccc5ccc6ccccc6c5c4)c4oc5ccccc5c34)n2)cc1. The molecule has 0 fully saturated rings. The van der Waals surface area contributed by atoms with Crippen LogP contribution in [0.2, 0.25) is 0 Å². The molecule has 0 amide bonds. The average molecular weight is 626 g/mol. The highest BCUT2D eigenvalue weighted by Crippen LogP contribution is 2.42. The largest absolute Gasteiger partial charge is 0.455 e. The molecular formula is C45H27N3O. The van der Waals surface area contributed by atoms with Crippen LogP contribution in [0.4, 0.5) is 0 Å². The normalized spacial score (nSPS) is 11.7. The number of rotatable bonds is 4. The summed E-state index contributed by atoms with van der Waals surface area (Å²) in [5.41, 5.74) is 6.52. The summed E-state index contributed by atoms with van der Waals surface area (Å²) in [5, 5.41) is 9.21. The summed E-state index contributed by atoms with van der Waals surface area (Å²) < 4.78 is 6.71. The van der Waals surface area contributed by atoms with Gasteiger partial charge in [0.2, 0.25) is 0 Å². The molecule has 10 aromatic rings. The Hall–Kier alpha value is -6.65. The number of furan rings is 1. The van der Waals surface area contributed by atoms with Crippen LogP contribution in [0.15, 0.2) is 168 Å². The maximum atomic E-state index is 6.71. The van der Waals surface area contributed by atoms with Crippen LogP contribution in [0.25, 0.3) is 99.5 Å². The lowest BCUT2D eigenvalue weighted by Gasteiger charge is -2.12. The molecular weight excluding hydrogens is 599 g/mol. The fourth-order valence-corrected chi connectivity index (χ4v) is 7.08. The molecule has 0 radical (unpaired) electrons. The van der Waals surface area contributed by atoms with Gasteiger partial charge in [-0.2, -0.15) is 0 Å². The van der Waals surface area contributed by atoms with Crippen molar-refractivity contribution in [2.24, 2.45) is 0 Å². The van der Waals surface area contributed by atoms with Crippen molar-refractivity contribution >= 4 is 54.3 Å². The van der Waals surface area contributed by atoms with E-state index in [9.17, 15) is 0 Å². The minimum atomic E-state index is 0.602. The van der Waals surface area contributed by atoms with Gasteiger partial charge in [-0.1, -0.05) is 133 Å². The van der Waals surface area contributed by atoms with Gasteiger partial charge >= 0.3 is 0 Å². The topological polar surface area (TPSA) is 51.8 Å². The third-order valence-electron chi connectivity index (χ3n) is 9.50. The van der Waals surface area contributed by atoms with E-state index in [1.807, 2.05) is 42.5 Å². The molecule has 4 heteroatoms. The minimum Gasteiger partial charge on any atom is -0.455 e. The van der Waals surface area contributed by atoms with Crippen LogP contribution in [0, 0.1) is 0 Å². The van der Waals surface area contributed by atoms with E-state index >= 15 is 0 Å². The van der Waals surface area contributed by atoms with E-state index in [0.717, 1.165) is 55.1 Å². The van der Waals surface area contributed by atoms with Gasteiger partial charge in [0.15, 0.2) is 17.5 Å². The second kappa shape index (κ2) is 11.0. The molecule has 49 heavy (non-hydrogen) atoms. The van der Waals surface area contributed by atoms with E-state index in [1.165, 1.54) is 26.9 Å². The molecule has 2 aromatic heterocycles. The maximum absolute atomic E-state index is 6.71. The molecule has 10 rings (SSSR count). The number of benzene rings is 8. The standard InChI is InChI=1S/C45H27N3O/c1-2-12-31(13-3-1)43-46-44(34-23-18-28-10-4-5-14-32(28)26-34)48-45(47-43)38-25-24-36(42-41(38)37-16-8-9-17-40(37)49-42)33-22-21-30-20-19-29-11-6-7-15-35(29)39(30)27-33/h1-27H. The second-order valence-corrected chi connectivity index (χ2v) is 12.4. The first kappa shape index (κ1) is 27.5. The maximum Gasteiger partial charge on any atom is 0.164 e. The zero-order valence-corrected chi connectivity index (χ0v) is 26.3. The first-order valence-electron chi connectivity index (χ1n) is 16.4. The molecule has 0 aliphatic heterocycles. The summed E-state index contributed by atoms with van der Waals surface area (Å²) in [6.45, 7) is 0. The van der Waals surface area contributed by atoms with Gasteiger partial charge in [0.25, 0.3) is 0 Å². The number of para-hydroxylation sites is 1. The molecule has 0 unspecified atom stereocenters. The monoisotopic (exact) mass is 625 g/mol. The number of aromatic nitrogens is 3. The van der Waals surface area contributed by atoms with E-state index in [-0.39, 0.29) is 0 Å². The van der Waals surface area contributed by atoms with Crippen molar-refractivity contribution in [3.63, 3.8) is 0 Å². The Balaban J connectivity index is 1.23. The predicted molar refractivity (Wildman–Crippen MR) is 201 cm³/mol. The van der Waals surface area contributed by atoms with Gasteiger partial charge in [-0.05, 0) is 68.2 Å². The van der Waals surface area contributed by atoms with Gasteiger partial charge in [0.1, 0.15) is 11.2 Å². The van der Waals surface area contributed by atoms with Crippen molar-refractivity contribution in [2.45, 2.75) is 0 Å². The quantitative estimate of drug-likeness (QED) is 0.183. The zero-order valence-electron chi connectivity index (χ0n) is 26.3. The van der Waals surface area contributed by atoms with Crippen LogP contribution in [-0.2, 0) is 0 Å². The summed E-state index contributed by atoms with van der Waals surface area (Å²) in [7, 11) is 0. The van der Waals surface area contributed by atoms with Crippen LogP contribution in [-0.4, -0.2) is 15.0 Å². The average Bonchev–Trinajstić information content (AvgIpc) is 3.57. The first-order chi connectivity index (χ1) is 24.3. The lowest BCUT2D eigenvalue weighted by atomic mass is 9.94. The Labute approximate surface area is 282 Å². The molecule has 0 aliphatic carbocycles. The van der Waals surface area contributed by atoms with Crippen LogP contribution in [0.5, 0.6) is 0 Å². The molecule has 228 valence electrons. The Bertz CT molecular complexity index is 2890. The fourth-order valence-electron chi connectivity index (χ4n) is 7.08. The number of hydrogen-bond acceptors (Lipinski definition) is 4. The second-order valence-electron chi connectivity index (χ2n) is 12.4. The predicted octanol–water partition coefficient (Wildman–Crippen LogP) is 11.9. The summed E-state index contributed by atoms with van der Waals surface area (Å²) in [5.74, 6) is 1.85. The van der Waals surface area contributed by atoms with Gasteiger partial charge in [0.05, 0.1) is 0 Å². The molecule has 0 N–H and O–H groups in total. The highest BCUT2D eigenvalue weighted by molar-refractivity contribution is 6.17.